The zero-order chi connectivity index (χ0) is 20.2. The van der Waals surface area contributed by atoms with Gasteiger partial charge in [-0.25, -0.2) is 9.37 Å². The predicted octanol–water partition coefficient (Wildman–Crippen LogP) is 5.13. The molecule has 4 aromatic rings. The molecular formula is C21H16BrFN4OS. The number of halogens is 2. The minimum atomic E-state index is -0.328. The number of benzene rings is 2. The lowest BCUT2D eigenvalue weighted by Gasteiger charge is -2.03. The van der Waals surface area contributed by atoms with Gasteiger partial charge in [0.25, 0.3) is 5.91 Å². The number of thiazole rings is 1. The molecular weight excluding hydrogens is 455 g/mol. The second kappa shape index (κ2) is 8.67. The molecule has 29 heavy (non-hydrogen) atoms. The molecule has 2 aromatic carbocycles. The van der Waals surface area contributed by atoms with Crippen molar-refractivity contribution in [2.24, 2.45) is 0 Å². The predicted molar refractivity (Wildman–Crippen MR) is 115 cm³/mol. The largest absolute Gasteiger partial charge is 0.302 e. The minimum Gasteiger partial charge on any atom is -0.302 e. The van der Waals surface area contributed by atoms with Crippen LogP contribution in [0.5, 0.6) is 0 Å². The first kappa shape index (κ1) is 19.5. The van der Waals surface area contributed by atoms with Crippen LogP contribution in [0.4, 0.5) is 10.2 Å². The zero-order valence-electron chi connectivity index (χ0n) is 15.2. The molecule has 0 spiro atoms. The van der Waals surface area contributed by atoms with Crippen molar-refractivity contribution in [3.8, 4) is 0 Å². The van der Waals surface area contributed by atoms with Crippen molar-refractivity contribution in [3.05, 3.63) is 98.3 Å². The highest BCUT2D eigenvalue weighted by Crippen LogP contribution is 2.23. The molecule has 2 aromatic heterocycles. The van der Waals surface area contributed by atoms with Crippen LogP contribution in [0.25, 0.3) is 0 Å². The van der Waals surface area contributed by atoms with E-state index in [-0.39, 0.29) is 18.3 Å². The number of rotatable bonds is 6. The Morgan fingerprint density at radius 2 is 1.90 bits per heavy atom. The Balaban J connectivity index is 1.44. The van der Waals surface area contributed by atoms with Crippen LogP contribution in [0, 0.1) is 5.82 Å². The van der Waals surface area contributed by atoms with Crippen LogP contribution in [0.2, 0.25) is 0 Å². The smallest absolute Gasteiger partial charge is 0.285 e. The number of carbonyl (C=O) groups excluding carboxylic acids is 1. The molecule has 0 radical (unpaired) electrons. The Morgan fingerprint density at radius 1 is 1.14 bits per heavy atom. The Hall–Kier alpha value is -2.84. The van der Waals surface area contributed by atoms with E-state index in [9.17, 15) is 9.18 Å². The van der Waals surface area contributed by atoms with Crippen LogP contribution in [0.1, 0.15) is 25.8 Å². The lowest BCUT2D eigenvalue weighted by molar-refractivity contribution is 0.102. The fraction of sp³-hybridized carbons (Fsp3) is 0.0952. The van der Waals surface area contributed by atoms with Gasteiger partial charge in [0.15, 0.2) is 10.8 Å². The topological polar surface area (TPSA) is 59.8 Å². The SMILES string of the molecule is O=C(Nc1nn(Cc2ccccc2F)cc1Br)c1ncc(Cc2ccccc2)s1. The number of anilines is 1. The zero-order valence-corrected chi connectivity index (χ0v) is 17.6. The van der Waals surface area contributed by atoms with Crippen molar-refractivity contribution >= 4 is 39.0 Å². The van der Waals surface area contributed by atoms with E-state index in [4.69, 9.17) is 0 Å². The standard InChI is InChI=1S/C21H16BrFN4OS/c22-17-13-27(12-15-8-4-5-9-18(15)23)26-19(17)25-20(28)21-24-11-16(29-21)10-14-6-2-1-3-7-14/h1-9,11,13H,10,12H2,(H,25,26,28). The highest BCUT2D eigenvalue weighted by atomic mass is 79.9. The molecule has 0 aliphatic heterocycles. The second-order valence-electron chi connectivity index (χ2n) is 6.36. The molecule has 5 nitrogen and oxygen atoms in total. The van der Waals surface area contributed by atoms with E-state index in [1.54, 1.807) is 35.3 Å². The van der Waals surface area contributed by atoms with Crippen LogP contribution in [-0.2, 0) is 13.0 Å². The van der Waals surface area contributed by atoms with Crippen molar-refractivity contribution in [2.75, 3.05) is 5.32 Å². The van der Waals surface area contributed by atoms with Gasteiger partial charge >= 0.3 is 0 Å². The summed E-state index contributed by atoms with van der Waals surface area (Å²) in [5.74, 6) is -0.254. The first-order valence-corrected chi connectivity index (χ1v) is 10.5. The first-order valence-electron chi connectivity index (χ1n) is 8.85. The van der Waals surface area contributed by atoms with Crippen molar-refractivity contribution < 1.29 is 9.18 Å². The third-order valence-corrected chi connectivity index (χ3v) is 5.78. The Kier molecular flexibility index (Phi) is 5.82. The Bertz CT molecular complexity index is 1140. The van der Waals surface area contributed by atoms with Crippen molar-refractivity contribution in [3.63, 3.8) is 0 Å². The van der Waals surface area contributed by atoms with Gasteiger partial charge in [-0.05, 0) is 27.6 Å². The molecule has 2 heterocycles. The highest BCUT2D eigenvalue weighted by molar-refractivity contribution is 9.10. The summed E-state index contributed by atoms with van der Waals surface area (Å²) in [7, 11) is 0. The van der Waals surface area contributed by atoms with E-state index in [0.717, 1.165) is 16.9 Å². The molecule has 0 saturated carbocycles. The molecule has 1 amide bonds. The molecule has 4 rings (SSSR count). The summed E-state index contributed by atoms with van der Waals surface area (Å²) in [6, 6.07) is 16.5. The molecule has 0 unspecified atom stereocenters. The van der Waals surface area contributed by atoms with Crippen LogP contribution < -0.4 is 5.32 Å². The van der Waals surface area contributed by atoms with E-state index in [1.807, 2.05) is 30.3 Å². The number of nitrogens with zero attached hydrogens (tertiary/aromatic N) is 3. The van der Waals surface area contributed by atoms with Gasteiger partial charge in [-0.3, -0.25) is 9.48 Å². The molecule has 8 heteroatoms. The number of carbonyl (C=O) groups is 1. The highest BCUT2D eigenvalue weighted by Gasteiger charge is 2.16. The van der Waals surface area contributed by atoms with Gasteiger partial charge in [0.2, 0.25) is 0 Å². The van der Waals surface area contributed by atoms with Gasteiger partial charge in [-0.2, -0.15) is 5.10 Å². The van der Waals surface area contributed by atoms with Crippen molar-refractivity contribution in [1.29, 1.82) is 0 Å². The molecule has 0 aliphatic carbocycles. The number of nitrogens with one attached hydrogen (secondary N) is 1. The fourth-order valence-corrected chi connectivity index (χ4v) is 4.07. The first-order chi connectivity index (χ1) is 14.1. The van der Waals surface area contributed by atoms with Gasteiger partial charge in [-0.1, -0.05) is 48.5 Å². The molecule has 146 valence electrons. The van der Waals surface area contributed by atoms with Gasteiger partial charge in [0.1, 0.15) is 5.82 Å². The third kappa shape index (κ3) is 4.78. The third-order valence-electron chi connectivity index (χ3n) is 4.21. The van der Waals surface area contributed by atoms with Gasteiger partial charge in [0.05, 0.1) is 11.0 Å². The summed E-state index contributed by atoms with van der Waals surface area (Å²) >= 11 is 4.74. The van der Waals surface area contributed by atoms with Crippen LogP contribution in [0.15, 0.2) is 71.5 Å². The maximum atomic E-state index is 13.8. The van der Waals surface area contributed by atoms with E-state index in [1.165, 1.54) is 17.4 Å². The second-order valence-corrected chi connectivity index (χ2v) is 8.33. The monoisotopic (exact) mass is 470 g/mol. The van der Waals surface area contributed by atoms with Crippen molar-refractivity contribution in [1.82, 2.24) is 14.8 Å². The number of amides is 1. The average Bonchev–Trinajstić information content (AvgIpc) is 3.31. The fourth-order valence-electron chi connectivity index (χ4n) is 2.82. The molecule has 0 saturated heterocycles. The Morgan fingerprint density at radius 3 is 2.69 bits per heavy atom. The average molecular weight is 471 g/mol. The van der Waals surface area contributed by atoms with E-state index < -0.39 is 0 Å². The van der Waals surface area contributed by atoms with Crippen LogP contribution in [-0.4, -0.2) is 20.7 Å². The van der Waals surface area contributed by atoms with E-state index in [2.05, 4.69) is 31.3 Å². The maximum Gasteiger partial charge on any atom is 0.285 e. The number of hydrogen-bond donors (Lipinski definition) is 1. The summed E-state index contributed by atoms with van der Waals surface area (Å²) < 4.78 is 16.0. The minimum absolute atomic E-state index is 0.264. The van der Waals surface area contributed by atoms with Gasteiger partial charge in [0, 0.05) is 29.3 Å². The maximum absolute atomic E-state index is 13.8. The van der Waals surface area contributed by atoms with Crippen molar-refractivity contribution in [2.45, 2.75) is 13.0 Å². The van der Waals surface area contributed by atoms with Gasteiger partial charge in [-0.15, -0.1) is 11.3 Å². The van der Waals surface area contributed by atoms with E-state index in [0.29, 0.717) is 20.9 Å². The summed E-state index contributed by atoms with van der Waals surface area (Å²) in [4.78, 5) is 17.8. The van der Waals surface area contributed by atoms with Crippen LogP contribution in [0.3, 0.4) is 0 Å². The van der Waals surface area contributed by atoms with E-state index >= 15 is 0 Å². The summed E-state index contributed by atoms with van der Waals surface area (Å²) in [5, 5.41) is 7.46. The summed E-state index contributed by atoms with van der Waals surface area (Å²) in [5.41, 5.74) is 1.68. The lowest BCUT2D eigenvalue weighted by atomic mass is 10.1. The van der Waals surface area contributed by atoms with Gasteiger partial charge < -0.3 is 5.32 Å². The molecule has 0 fully saturated rings. The molecule has 0 atom stereocenters. The summed E-state index contributed by atoms with van der Waals surface area (Å²) in [6.07, 6.45) is 4.15. The summed E-state index contributed by atoms with van der Waals surface area (Å²) in [6.45, 7) is 0.264. The normalized spacial score (nSPS) is 10.8. The number of hydrogen-bond acceptors (Lipinski definition) is 4. The molecule has 0 bridgehead atoms. The lowest BCUT2D eigenvalue weighted by Crippen LogP contribution is -2.13. The quantitative estimate of drug-likeness (QED) is 0.424. The molecule has 1 N–H and O–H groups in total. The van der Waals surface area contributed by atoms with Crippen LogP contribution >= 0.6 is 27.3 Å². The Labute approximate surface area is 179 Å². The molecule has 0 aliphatic rings. The number of aromatic nitrogens is 3.